The Labute approximate surface area is 152 Å². The van der Waals surface area contributed by atoms with E-state index in [1.807, 2.05) is 29.2 Å². The van der Waals surface area contributed by atoms with Gasteiger partial charge in [0.25, 0.3) is 5.91 Å². The van der Waals surface area contributed by atoms with Gasteiger partial charge < -0.3 is 15.1 Å². The molecule has 0 aliphatic carbocycles. The second-order valence-corrected chi connectivity index (χ2v) is 6.29. The van der Waals surface area contributed by atoms with E-state index in [-0.39, 0.29) is 5.91 Å². The molecule has 0 spiro atoms. The number of rotatable bonds is 5. The first-order chi connectivity index (χ1) is 12.2. The Morgan fingerprint density at radius 3 is 2.76 bits per heavy atom. The van der Waals surface area contributed by atoms with E-state index in [4.69, 9.17) is 11.6 Å². The predicted octanol–water partition coefficient (Wildman–Crippen LogP) is 3.30. The molecule has 130 valence electrons. The van der Waals surface area contributed by atoms with Gasteiger partial charge in [-0.3, -0.25) is 4.79 Å². The van der Waals surface area contributed by atoms with Gasteiger partial charge >= 0.3 is 0 Å². The maximum absolute atomic E-state index is 12.7. The minimum atomic E-state index is 0.0368. The third-order valence-corrected chi connectivity index (χ3v) is 4.41. The Kier molecular flexibility index (Phi) is 5.56. The van der Waals surface area contributed by atoms with E-state index in [9.17, 15) is 4.79 Å². The molecule has 0 bridgehead atoms. The smallest absolute Gasteiger partial charge is 0.254 e. The first-order valence-electron chi connectivity index (χ1n) is 8.28. The lowest BCUT2D eigenvalue weighted by atomic mass is 10.2. The van der Waals surface area contributed by atoms with Gasteiger partial charge in [-0.2, -0.15) is 0 Å². The summed E-state index contributed by atoms with van der Waals surface area (Å²) in [7, 11) is 0. The molecule has 0 saturated carbocycles. The van der Waals surface area contributed by atoms with Gasteiger partial charge in [0, 0.05) is 55.2 Å². The molecule has 5 nitrogen and oxygen atoms in total. The standard InChI is InChI=1S/C19H21ClN4O/c1-2-7-21-18-13-15(6-8-22-18)19(25)24-11-9-23(10-12-24)17-5-3-4-16(20)14-17/h2-6,8,13-14H,1,7,9-12H2,(H,21,22). The van der Waals surface area contributed by atoms with Crippen LogP contribution in [0.4, 0.5) is 11.5 Å². The fraction of sp³-hybridized carbons (Fsp3) is 0.263. The fourth-order valence-corrected chi connectivity index (χ4v) is 3.04. The fourth-order valence-electron chi connectivity index (χ4n) is 2.86. The molecule has 6 heteroatoms. The number of nitrogens with zero attached hydrogens (tertiary/aromatic N) is 3. The molecule has 1 aliphatic heterocycles. The van der Waals surface area contributed by atoms with Gasteiger partial charge in [0.05, 0.1) is 0 Å². The Morgan fingerprint density at radius 2 is 2.04 bits per heavy atom. The molecule has 1 amide bonds. The number of nitrogens with one attached hydrogen (secondary N) is 1. The summed E-state index contributed by atoms with van der Waals surface area (Å²) in [5, 5.41) is 3.83. The van der Waals surface area contributed by atoms with E-state index in [2.05, 4.69) is 21.8 Å². The molecule has 1 aromatic carbocycles. The van der Waals surface area contributed by atoms with Crippen LogP contribution in [0.25, 0.3) is 0 Å². The van der Waals surface area contributed by atoms with E-state index >= 15 is 0 Å². The summed E-state index contributed by atoms with van der Waals surface area (Å²) in [5.41, 5.74) is 1.75. The Bertz CT molecular complexity index is 757. The van der Waals surface area contributed by atoms with Gasteiger partial charge in [-0.05, 0) is 30.3 Å². The molecule has 1 aromatic heterocycles. The van der Waals surface area contributed by atoms with Crippen molar-refractivity contribution < 1.29 is 4.79 Å². The molecule has 3 rings (SSSR count). The van der Waals surface area contributed by atoms with E-state index in [0.717, 1.165) is 23.8 Å². The van der Waals surface area contributed by atoms with E-state index in [0.29, 0.717) is 31.0 Å². The van der Waals surface area contributed by atoms with Crippen LogP contribution in [0.15, 0.2) is 55.3 Å². The average Bonchev–Trinajstić information content (AvgIpc) is 2.66. The number of benzene rings is 1. The lowest BCUT2D eigenvalue weighted by Crippen LogP contribution is -2.48. The van der Waals surface area contributed by atoms with Gasteiger partial charge in [-0.25, -0.2) is 4.98 Å². The van der Waals surface area contributed by atoms with E-state index < -0.39 is 0 Å². The molecule has 0 radical (unpaired) electrons. The van der Waals surface area contributed by atoms with Crippen molar-refractivity contribution in [2.24, 2.45) is 0 Å². The molecule has 2 heterocycles. The zero-order valence-corrected chi connectivity index (χ0v) is 14.7. The molecule has 1 saturated heterocycles. The number of anilines is 2. The molecular weight excluding hydrogens is 336 g/mol. The van der Waals surface area contributed by atoms with Crippen LogP contribution in [0, 0.1) is 0 Å². The third kappa shape index (κ3) is 4.31. The quantitative estimate of drug-likeness (QED) is 0.835. The summed E-state index contributed by atoms with van der Waals surface area (Å²) in [4.78, 5) is 21.1. The molecule has 1 aliphatic rings. The molecule has 0 unspecified atom stereocenters. The van der Waals surface area contributed by atoms with Gasteiger partial charge in [0.1, 0.15) is 5.82 Å². The van der Waals surface area contributed by atoms with E-state index in [1.165, 1.54) is 0 Å². The summed E-state index contributed by atoms with van der Waals surface area (Å²) >= 11 is 6.07. The van der Waals surface area contributed by atoms with Crippen molar-refractivity contribution in [1.29, 1.82) is 0 Å². The van der Waals surface area contributed by atoms with Crippen LogP contribution in [0.2, 0.25) is 5.02 Å². The Hall–Kier alpha value is -2.53. The lowest BCUT2D eigenvalue weighted by Gasteiger charge is -2.36. The largest absolute Gasteiger partial charge is 0.368 e. The van der Waals surface area contributed by atoms with Crippen molar-refractivity contribution in [2.45, 2.75) is 0 Å². The lowest BCUT2D eigenvalue weighted by molar-refractivity contribution is 0.0746. The number of aromatic nitrogens is 1. The second-order valence-electron chi connectivity index (χ2n) is 5.86. The molecule has 2 aromatic rings. The first kappa shape index (κ1) is 17.3. The van der Waals surface area contributed by atoms with Crippen molar-refractivity contribution >= 4 is 29.0 Å². The summed E-state index contributed by atoms with van der Waals surface area (Å²) in [6.45, 7) is 7.23. The Morgan fingerprint density at radius 1 is 1.24 bits per heavy atom. The maximum Gasteiger partial charge on any atom is 0.254 e. The minimum Gasteiger partial charge on any atom is -0.368 e. The normalized spacial score (nSPS) is 14.3. The van der Waals surface area contributed by atoms with Crippen molar-refractivity contribution in [3.63, 3.8) is 0 Å². The minimum absolute atomic E-state index is 0.0368. The number of halogens is 1. The number of hydrogen-bond donors (Lipinski definition) is 1. The molecule has 1 N–H and O–H groups in total. The summed E-state index contributed by atoms with van der Waals surface area (Å²) in [6, 6.07) is 11.4. The Balaban J connectivity index is 1.62. The average molecular weight is 357 g/mol. The van der Waals surface area contributed by atoms with Crippen LogP contribution in [0.5, 0.6) is 0 Å². The number of piperazine rings is 1. The summed E-state index contributed by atoms with van der Waals surface area (Å²) < 4.78 is 0. The van der Waals surface area contributed by atoms with Crippen molar-refractivity contribution in [2.75, 3.05) is 42.9 Å². The number of carbonyl (C=O) groups excluding carboxylic acids is 1. The van der Waals surface area contributed by atoms with Gasteiger partial charge in [0.2, 0.25) is 0 Å². The highest BCUT2D eigenvalue weighted by Crippen LogP contribution is 2.21. The second kappa shape index (κ2) is 8.03. The SMILES string of the molecule is C=CCNc1cc(C(=O)N2CCN(c3cccc(Cl)c3)CC2)ccn1. The molecule has 1 fully saturated rings. The number of hydrogen-bond acceptors (Lipinski definition) is 4. The summed E-state index contributed by atoms with van der Waals surface area (Å²) in [5.74, 6) is 0.720. The van der Waals surface area contributed by atoms with Gasteiger partial charge in [0.15, 0.2) is 0 Å². The van der Waals surface area contributed by atoms with Crippen LogP contribution >= 0.6 is 11.6 Å². The summed E-state index contributed by atoms with van der Waals surface area (Å²) in [6.07, 6.45) is 3.41. The van der Waals surface area contributed by atoms with Crippen molar-refractivity contribution in [3.05, 3.63) is 65.8 Å². The number of amides is 1. The highest BCUT2D eigenvalue weighted by atomic mass is 35.5. The van der Waals surface area contributed by atoms with Crippen LogP contribution in [0.3, 0.4) is 0 Å². The van der Waals surface area contributed by atoms with Crippen LogP contribution < -0.4 is 10.2 Å². The molecule has 25 heavy (non-hydrogen) atoms. The van der Waals surface area contributed by atoms with Gasteiger partial charge in [-0.15, -0.1) is 6.58 Å². The topological polar surface area (TPSA) is 48.5 Å². The number of carbonyl (C=O) groups is 1. The third-order valence-electron chi connectivity index (χ3n) is 4.17. The van der Waals surface area contributed by atoms with E-state index in [1.54, 1.807) is 24.4 Å². The zero-order valence-electron chi connectivity index (χ0n) is 14.0. The van der Waals surface area contributed by atoms with Crippen LogP contribution in [0.1, 0.15) is 10.4 Å². The van der Waals surface area contributed by atoms with Crippen molar-refractivity contribution in [1.82, 2.24) is 9.88 Å². The molecular formula is C19H21ClN4O. The van der Waals surface area contributed by atoms with Gasteiger partial charge in [-0.1, -0.05) is 23.7 Å². The number of pyridine rings is 1. The first-order valence-corrected chi connectivity index (χ1v) is 8.66. The highest BCUT2D eigenvalue weighted by molar-refractivity contribution is 6.30. The van der Waals surface area contributed by atoms with Crippen LogP contribution in [-0.4, -0.2) is 48.5 Å². The maximum atomic E-state index is 12.7. The molecule has 0 atom stereocenters. The monoisotopic (exact) mass is 356 g/mol. The predicted molar refractivity (Wildman–Crippen MR) is 102 cm³/mol. The van der Waals surface area contributed by atoms with Crippen LogP contribution in [-0.2, 0) is 0 Å². The van der Waals surface area contributed by atoms with Crippen molar-refractivity contribution in [3.8, 4) is 0 Å². The zero-order chi connectivity index (χ0) is 17.6. The highest BCUT2D eigenvalue weighted by Gasteiger charge is 2.22.